The summed E-state index contributed by atoms with van der Waals surface area (Å²) in [5.74, 6) is -1.13. The molecule has 0 aromatic heterocycles. The van der Waals surface area contributed by atoms with E-state index < -0.39 is 18.1 Å². The first-order valence-corrected chi connectivity index (χ1v) is 9.42. The predicted octanol–water partition coefficient (Wildman–Crippen LogP) is 3.47. The van der Waals surface area contributed by atoms with E-state index in [1.54, 1.807) is 11.8 Å². The van der Waals surface area contributed by atoms with Crippen LogP contribution in [0.5, 0.6) is 0 Å². The number of aryl methyl sites for hydroxylation is 1. The number of carbonyl (C=O) groups excluding carboxylic acids is 2. The molecular weight excluding hydrogens is 350 g/mol. The Morgan fingerprint density at radius 1 is 1.23 bits per heavy atom. The van der Waals surface area contributed by atoms with Crippen LogP contribution in [0, 0.1) is 12.8 Å². The number of aliphatic hydroxyl groups is 1. The number of amides is 2. The van der Waals surface area contributed by atoms with Crippen molar-refractivity contribution >= 4 is 23.8 Å². The minimum absolute atomic E-state index is 0.201. The summed E-state index contributed by atoms with van der Waals surface area (Å²) in [5, 5.41) is 10.7. The monoisotopic (exact) mass is 369 g/mol. The standard InChI is InChI=1S/C20H19NO4S/c1-12-5-4-6-13(11-12)18-16(19(23)21-9-10-25-20(21)24)17(22)14-7-2-3-8-15(14)26-18/h2-8,11,16-18,22H,9-10H2,1H3/t16-,17+,18+/m1/s1. The van der Waals surface area contributed by atoms with E-state index in [4.69, 9.17) is 4.74 Å². The Bertz CT molecular complexity index is 868. The molecule has 3 atom stereocenters. The van der Waals surface area contributed by atoms with Crippen LogP contribution in [0.25, 0.3) is 0 Å². The predicted molar refractivity (Wildman–Crippen MR) is 97.7 cm³/mol. The molecule has 0 aliphatic carbocycles. The second kappa shape index (κ2) is 6.78. The molecule has 2 aliphatic heterocycles. The van der Waals surface area contributed by atoms with Crippen molar-refractivity contribution in [1.29, 1.82) is 0 Å². The second-order valence-corrected chi connectivity index (χ2v) is 7.75. The van der Waals surface area contributed by atoms with Crippen LogP contribution in [0.3, 0.4) is 0 Å². The summed E-state index contributed by atoms with van der Waals surface area (Å²) in [6.45, 7) is 2.43. The number of ether oxygens (including phenoxy) is 1. The minimum Gasteiger partial charge on any atom is -0.447 e. The first kappa shape index (κ1) is 17.1. The maximum absolute atomic E-state index is 13.2. The zero-order valence-electron chi connectivity index (χ0n) is 14.3. The fourth-order valence-corrected chi connectivity index (χ4v) is 5.01. The summed E-state index contributed by atoms with van der Waals surface area (Å²) in [5.41, 5.74) is 2.78. The summed E-state index contributed by atoms with van der Waals surface area (Å²) in [7, 11) is 0. The molecule has 0 saturated carbocycles. The van der Waals surface area contributed by atoms with Gasteiger partial charge in [0.1, 0.15) is 6.61 Å². The van der Waals surface area contributed by atoms with Gasteiger partial charge in [0.2, 0.25) is 5.91 Å². The highest BCUT2D eigenvalue weighted by molar-refractivity contribution is 7.99. The number of cyclic esters (lactones) is 1. The van der Waals surface area contributed by atoms with E-state index >= 15 is 0 Å². The van der Waals surface area contributed by atoms with Gasteiger partial charge in [0.15, 0.2) is 0 Å². The average molecular weight is 369 g/mol. The van der Waals surface area contributed by atoms with E-state index in [1.165, 1.54) is 0 Å². The highest BCUT2D eigenvalue weighted by atomic mass is 32.2. The van der Waals surface area contributed by atoms with Crippen LogP contribution in [0.2, 0.25) is 0 Å². The Hall–Kier alpha value is -2.31. The number of carbonyl (C=O) groups is 2. The summed E-state index contributed by atoms with van der Waals surface area (Å²) in [4.78, 5) is 27.1. The molecule has 2 aromatic rings. The average Bonchev–Trinajstić information content (AvgIpc) is 3.07. The van der Waals surface area contributed by atoms with E-state index in [2.05, 4.69) is 0 Å². The Morgan fingerprint density at radius 2 is 2.04 bits per heavy atom. The molecule has 4 rings (SSSR count). The normalized spacial score (nSPS) is 24.9. The number of thioether (sulfide) groups is 1. The van der Waals surface area contributed by atoms with E-state index in [1.807, 2.05) is 55.5 Å². The number of hydrogen-bond acceptors (Lipinski definition) is 5. The molecule has 2 aromatic carbocycles. The fourth-order valence-electron chi connectivity index (χ4n) is 3.56. The van der Waals surface area contributed by atoms with Crippen molar-refractivity contribution in [3.63, 3.8) is 0 Å². The summed E-state index contributed by atoms with van der Waals surface area (Å²) in [6, 6.07) is 15.5. The molecule has 0 radical (unpaired) electrons. The summed E-state index contributed by atoms with van der Waals surface area (Å²) < 4.78 is 4.92. The molecule has 1 fully saturated rings. The number of imide groups is 1. The number of aliphatic hydroxyl groups excluding tert-OH is 1. The van der Waals surface area contributed by atoms with Crippen molar-refractivity contribution in [2.24, 2.45) is 5.92 Å². The van der Waals surface area contributed by atoms with Crippen LogP contribution >= 0.6 is 11.8 Å². The maximum Gasteiger partial charge on any atom is 0.416 e. The van der Waals surface area contributed by atoms with Gasteiger partial charge in [-0.05, 0) is 24.1 Å². The van der Waals surface area contributed by atoms with Crippen molar-refractivity contribution in [2.75, 3.05) is 13.2 Å². The van der Waals surface area contributed by atoms with Gasteiger partial charge in [0, 0.05) is 10.1 Å². The Labute approximate surface area is 156 Å². The van der Waals surface area contributed by atoms with Gasteiger partial charge in [-0.3, -0.25) is 4.79 Å². The molecule has 0 bridgehead atoms. The molecule has 26 heavy (non-hydrogen) atoms. The molecular formula is C20H19NO4S. The zero-order valence-corrected chi connectivity index (χ0v) is 15.1. The highest BCUT2D eigenvalue weighted by Crippen LogP contribution is 2.53. The van der Waals surface area contributed by atoms with E-state index in [9.17, 15) is 14.7 Å². The Morgan fingerprint density at radius 3 is 2.77 bits per heavy atom. The van der Waals surface area contributed by atoms with E-state index in [-0.39, 0.29) is 24.3 Å². The van der Waals surface area contributed by atoms with Crippen molar-refractivity contribution in [1.82, 2.24) is 4.90 Å². The molecule has 0 unspecified atom stereocenters. The maximum atomic E-state index is 13.2. The first-order chi connectivity index (χ1) is 12.6. The molecule has 1 saturated heterocycles. The number of fused-ring (bicyclic) bond motifs is 1. The van der Waals surface area contributed by atoms with Crippen LogP contribution in [-0.2, 0) is 9.53 Å². The number of nitrogens with zero attached hydrogens (tertiary/aromatic N) is 1. The lowest BCUT2D eigenvalue weighted by Gasteiger charge is -2.37. The van der Waals surface area contributed by atoms with Crippen molar-refractivity contribution in [3.05, 3.63) is 65.2 Å². The van der Waals surface area contributed by atoms with E-state index in [0.717, 1.165) is 26.5 Å². The third-order valence-corrected chi connectivity index (χ3v) is 6.29. The lowest BCUT2D eigenvalue weighted by Crippen LogP contribution is -2.42. The number of benzene rings is 2. The van der Waals surface area contributed by atoms with Gasteiger partial charge in [-0.2, -0.15) is 0 Å². The van der Waals surface area contributed by atoms with Crippen LogP contribution in [0.15, 0.2) is 53.4 Å². The molecule has 5 nitrogen and oxygen atoms in total. The van der Waals surface area contributed by atoms with Gasteiger partial charge < -0.3 is 9.84 Å². The molecule has 0 spiro atoms. The van der Waals surface area contributed by atoms with Gasteiger partial charge in [0.05, 0.1) is 18.6 Å². The van der Waals surface area contributed by atoms with Gasteiger partial charge >= 0.3 is 6.09 Å². The van der Waals surface area contributed by atoms with Crippen LogP contribution in [0.1, 0.15) is 28.0 Å². The van der Waals surface area contributed by atoms with Crippen LogP contribution in [-0.4, -0.2) is 35.2 Å². The highest BCUT2D eigenvalue weighted by Gasteiger charge is 2.46. The van der Waals surface area contributed by atoms with E-state index in [0.29, 0.717) is 0 Å². The summed E-state index contributed by atoms with van der Waals surface area (Å²) in [6.07, 6.45) is -1.60. The van der Waals surface area contributed by atoms with Crippen molar-refractivity contribution in [3.8, 4) is 0 Å². The van der Waals surface area contributed by atoms with Crippen molar-refractivity contribution in [2.45, 2.75) is 23.2 Å². The number of rotatable bonds is 2. The summed E-state index contributed by atoms with van der Waals surface area (Å²) >= 11 is 1.56. The second-order valence-electron chi connectivity index (χ2n) is 6.57. The first-order valence-electron chi connectivity index (χ1n) is 8.54. The zero-order chi connectivity index (χ0) is 18.3. The SMILES string of the molecule is Cc1cccc([C@@H]2Sc3ccccc3[C@H](O)[C@H]2C(=O)N2CCOC2=O)c1. The van der Waals surface area contributed by atoms with Crippen LogP contribution in [0.4, 0.5) is 4.79 Å². The topological polar surface area (TPSA) is 66.8 Å². The quantitative estimate of drug-likeness (QED) is 0.878. The molecule has 1 N–H and O–H groups in total. The third kappa shape index (κ3) is 2.89. The number of hydrogen-bond donors (Lipinski definition) is 1. The lowest BCUT2D eigenvalue weighted by atomic mass is 9.87. The third-order valence-electron chi connectivity index (χ3n) is 4.84. The van der Waals surface area contributed by atoms with Gasteiger partial charge in [-0.15, -0.1) is 11.8 Å². The van der Waals surface area contributed by atoms with Crippen molar-refractivity contribution < 1.29 is 19.4 Å². The Balaban J connectivity index is 1.78. The molecule has 2 amide bonds. The minimum atomic E-state index is -0.973. The van der Waals surface area contributed by atoms with Gasteiger partial charge in [-0.1, -0.05) is 48.0 Å². The smallest absolute Gasteiger partial charge is 0.416 e. The molecule has 2 heterocycles. The molecule has 134 valence electrons. The molecule has 2 aliphatic rings. The largest absolute Gasteiger partial charge is 0.447 e. The fraction of sp³-hybridized carbons (Fsp3) is 0.300. The van der Waals surface area contributed by atoms with Gasteiger partial charge in [0.25, 0.3) is 0 Å². The molecule has 6 heteroatoms. The van der Waals surface area contributed by atoms with Crippen LogP contribution < -0.4 is 0 Å². The Kier molecular flexibility index (Phi) is 4.46. The lowest BCUT2D eigenvalue weighted by molar-refractivity contribution is -0.136. The van der Waals surface area contributed by atoms with Gasteiger partial charge in [-0.25, -0.2) is 9.69 Å².